The highest BCUT2D eigenvalue weighted by Crippen LogP contribution is 2.46. The summed E-state index contributed by atoms with van der Waals surface area (Å²) in [7, 11) is -0.942. The number of hydrogen-bond donors (Lipinski definition) is 2. The van der Waals surface area contributed by atoms with Crippen molar-refractivity contribution in [3.63, 3.8) is 0 Å². The van der Waals surface area contributed by atoms with Crippen LogP contribution in [0.25, 0.3) is 11.1 Å². The zero-order chi connectivity index (χ0) is 34.9. The number of ether oxygens (including phenoxy) is 1. The maximum atomic E-state index is 13.5. The van der Waals surface area contributed by atoms with Gasteiger partial charge < -0.3 is 24.4 Å². The fourth-order valence-electron chi connectivity index (χ4n) is 5.41. The Balaban J connectivity index is 1.72. The second kappa shape index (κ2) is 19.7. The number of amides is 3. The number of nitrogens with zero attached hydrogens (tertiary/aromatic N) is 1. The molecule has 48 heavy (non-hydrogen) atoms. The maximum Gasteiger partial charge on any atom is 0.360 e. The minimum atomic E-state index is -3.57. The molecular formula is C36H48N3O8P. The van der Waals surface area contributed by atoms with Crippen molar-refractivity contribution >= 4 is 31.1 Å². The molecule has 0 heterocycles. The third-order valence-electron chi connectivity index (χ3n) is 7.96. The molecule has 2 atom stereocenters. The van der Waals surface area contributed by atoms with Crippen molar-refractivity contribution in [2.75, 3.05) is 27.5 Å². The summed E-state index contributed by atoms with van der Waals surface area (Å²) in [5.41, 5.74) is 2.60. The van der Waals surface area contributed by atoms with Gasteiger partial charge in [0.1, 0.15) is 12.4 Å². The molecule has 0 saturated carbocycles. The molecule has 0 bridgehead atoms. The van der Waals surface area contributed by atoms with Crippen LogP contribution in [0.3, 0.4) is 0 Å². The molecular weight excluding hydrogens is 633 g/mol. The lowest BCUT2D eigenvalue weighted by atomic mass is 9.90. The average Bonchev–Trinajstić information content (AvgIpc) is 3.12. The van der Waals surface area contributed by atoms with E-state index in [1.165, 1.54) is 19.3 Å². The number of unbranched alkanes of at least 4 members (excludes halogenated alkanes) is 2. The molecule has 260 valence electrons. The number of carbonyl (C=O) groups is 3. The molecule has 3 aromatic carbocycles. The van der Waals surface area contributed by atoms with Gasteiger partial charge in [0.25, 0.3) is 5.91 Å². The first-order chi connectivity index (χ1) is 23.2. The second-order valence-corrected chi connectivity index (χ2v) is 13.4. The highest BCUT2D eigenvalue weighted by atomic mass is 31.2. The predicted molar refractivity (Wildman–Crippen MR) is 186 cm³/mol. The normalized spacial score (nSPS) is 12.5. The van der Waals surface area contributed by atoms with E-state index in [4.69, 9.17) is 18.6 Å². The molecule has 0 unspecified atom stereocenters. The van der Waals surface area contributed by atoms with E-state index in [2.05, 4.69) is 17.6 Å². The van der Waals surface area contributed by atoms with Gasteiger partial charge in [0.2, 0.25) is 12.3 Å². The molecule has 0 aliphatic carbocycles. The van der Waals surface area contributed by atoms with Gasteiger partial charge >= 0.3 is 7.60 Å². The average molecular weight is 682 g/mol. The quantitative estimate of drug-likeness (QED) is 0.0445. The van der Waals surface area contributed by atoms with E-state index in [1.54, 1.807) is 36.4 Å². The highest BCUT2D eigenvalue weighted by molar-refractivity contribution is 7.62. The van der Waals surface area contributed by atoms with Gasteiger partial charge in [0.15, 0.2) is 0 Å². The summed E-state index contributed by atoms with van der Waals surface area (Å²) in [6.45, 7) is 6.33. The summed E-state index contributed by atoms with van der Waals surface area (Å²) in [5, 5.41) is 7.18. The minimum Gasteiger partial charge on any atom is -0.494 e. The van der Waals surface area contributed by atoms with E-state index in [-0.39, 0.29) is 19.2 Å². The van der Waals surface area contributed by atoms with Crippen molar-refractivity contribution in [2.45, 2.75) is 65.5 Å². The molecule has 0 aliphatic rings. The van der Waals surface area contributed by atoms with Crippen molar-refractivity contribution < 1.29 is 37.6 Å². The van der Waals surface area contributed by atoms with Gasteiger partial charge in [0.05, 0.1) is 30.5 Å². The van der Waals surface area contributed by atoms with Crippen molar-refractivity contribution in [1.82, 2.24) is 15.7 Å². The number of hydrogen-bond acceptors (Lipinski definition) is 8. The first-order valence-corrected chi connectivity index (χ1v) is 17.8. The van der Waals surface area contributed by atoms with Crippen LogP contribution < -0.4 is 20.7 Å². The first kappa shape index (κ1) is 38.4. The summed E-state index contributed by atoms with van der Waals surface area (Å²) in [4.78, 5) is 44.7. The largest absolute Gasteiger partial charge is 0.494 e. The monoisotopic (exact) mass is 681 g/mol. The Morgan fingerprint density at radius 3 is 2.29 bits per heavy atom. The molecule has 12 heteroatoms. The third-order valence-corrected chi connectivity index (χ3v) is 9.81. The SMILES string of the molecule is CCCCC[C@@H](C(=O)NCNC(=O)c1cccc(-c2cc(OCC)cc(P(=O)(OC)OC)c2)c1)[C@@H](CC)N(C=O)OCc1ccccc1. The van der Waals surface area contributed by atoms with E-state index >= 15 is 0 Å². The lowest BCUT2D eigenvalue weighted by Gasteiger charge is -2.32. The molecule has 3 aromatic rings. The number of benzene rings is 3. The maximum absolute atomic E-state index is 13.5. The van der Waals surface area contributed by atoms with Gasteiger partial charge in [-0.05, 0) is 66.8 Å². The Bertz CT molecular complexity index is 1510. The van der Waals surface area contributed by atoms with E-state index in [0.717, 1.165) is 24.8 Å². The Morgan fingerprint density at radius 2 is 1.65 bits per heavy atom. The highest BCUT2D eigenvalue weighted by Gasteiger charge is 2.32. The molecule has 11 nitrogen and oxygen atoms in total. The van der Waals surface area contributed by atoms with Crippen LogP contribution in [-0.4, -0.2) is 56.8 Å². The van der Waals surface area contributed by atoms with Crippen LogP contribution in [0.5, 0.6) is 5.75 Å². The van der Waals surface area contributed by atoms with Gasteiger partial charge in [0, 0.05) is 19.8 Å². The Hall–Kier alpha value is -4.02. The van der Waals surface area contributed by atoms with Crippen LogP contribution in [0, 0.1) is 5.92 Å². The van der Waals surface area contributed by atoms with Crippen LogP contribution in [-0.2, 0) is 34.6 Å². The van der Waals surface area contributed by atoms with E-state index in [1.807, 2.05) is 50.2 Å². The predicted octanol–water partition coefficient (Wildman–Crippen LogP) is 6.23. The zero-order valence-electron chi connectivity index (χ0n) is 28.5. The number of nitrogens with one attached hydrogen (secondary N) is 2. The Kier molecular flexibility index (Phi) is 15.8. The zero-order valence-corrected chi connectivity index (χ0v) is 29.4. The van der Waals surface area contributed by atoms with E-state index in [9.17, 15) is 18.9 Å². The van der Waals surface area contributed by atoms with Gasteiger partial charge in [-0.15, -0.1) is 0 Å². The molecule has 3 amide bonds. The third kappa shape index (κ3) is 10.8. The van der Waals surface area contributed by atoms with E-state index in [0.29, 0.717) is 53.6 Å². The summed E-state index contributed by atoms with van der Waals surface area (Å²) < 4.78 is 29.2. The van der Waals surface area contributed by atoms with Crippen LogP contribution in [0.4, 0.5) is 0 Å². The molecule has 0 radical (unpaired) electrons. The van der Waals surface area contributed by atoms with Crippen LogP contribution in [0.2, 0.25) is 0 Å². The van der Waals surface area contributed by atoms with Gasteiger partial charge in [-0.25, -0.2) is 5.06 Å². The number of carbonyl (C=O) groups excluding carboxylic acids is 3. The van der Waals surface area contributed by atoms with Crippen LogP contribution in [0.1, 0.15) is 68.8 Å². The summed E-state index contributed by atoms with van der Waals surface area (Å²) in [6.07, 6.45) is 4.44. The lowest BCUT2D eigenvalue weighted by molar-refractivity contribution is -0.200. The Labute approximate surface area is 283 Å². The van der Waals surface area contributed by atoms with Crippen molar-refractivity contribution in [2.24, 2.45) is 5.92 Å². The number of rotatable bonds is 21. The molecule has 0 aliphatic heterocycles. The van der Waals surface area contributed by atoms with Gasteiger partial charge in [-0.3, -0.25) is 23.8 Å². The molecule has 3 rings (SSSR count). The van der Waals surface area contributed by atoms with E-state index < -0.39 is 25.5 Å². The molecule has 0 fully saturated rings. The standard InChI is InChI=1S/C36H48N3O8P/c1-6-9-11-19-33(34(7-2)39(26-40)47-24-27-15-12-10-13-16-27)36(42)38-25-37-35(41)29-18-14-17-28(20-29)30-21-31(46-8-3)23-32(22-30)48(43,44-4)45-5/h10,12-18,20-23,26,33-34H,6-9,11,19,24-25H2,1-5H3,(H,37,41)(H,38,42)/t33-,34-/m1/s1. The van der Waals surface area contributed by atoms with Gasteiger partial charge in [-0.2, -0.15) is 0 Å². The topological polar surface area (TPSA) is 132 Å². The summed E-state index contributed by atoms with van der Waals surface area (Å²) in [5.74, 6) is -0.727. The minimum absolute atomic E-state index is 0.108. The fraction of sp³-hybridized carbons (Fsp3) is 0.417. The molecule has 0 saturated heterocycles. The van der Waals surface area contributed by atoms with Crippen LogP contribution >= 0.6 is 7.60 Å². The molecule has 0 spiro atoms. The van der Waals surface area contributed by atoms with Crippen LogP contribution in [0.15, 0.2) is 72.8 Å². The number of hydroxylamine groups is 2. The summed E-state index contributed by atoms with van der Waals surface area (Å²) in [6, 6.07) is 21.0. The van der Waals surface area contributed by atoms with Crippen molar-refractivity contribution in [1.29, 1.82) is 0 Å². The Morgan fingerprint density at radius 1 is 0.896 bits per heavy atom. The smallest absolute Gasteiger partial charge is 0.360 e. The first-order valence-electron chi connectivity index (χ1n) is 16.3. The second-order valence-electron chi connectivity index (χ2n) is 11.1. The molecule has 0 aromatic heterocycles. The fourth-order valence-corrected chi connectivity index (χ4v) is 6.56. The lowest BCUT2D eigenvalue weighted by Crippen LogP contribution is -2.48. The van der Waals surface area contributed by atoms with Crippen molar-refractivity contribution in [3.05, 3.63) is 83.9 Å². The van der Waals surface area contributed by atoms with Gasteiger partial charge in [-0.1, -0.05) is 75.6 Å². The van der Waals surface area contributed by atoms with Crippen molar-refractivity contribution in [3.8, 4) is 16.9 Å². The summed E-state index contributed by atoms with van der Waals surface area (Å²) >= 11 is 0. The molecule has 2 N–H and O–H groups in total.